The van der Waals surface area contributed by atoms with Gasteiger partial charge in [0.2, 0.25) is 0 Å². The van der Waals surface area contributed by atoms with Crippen LogP contribution in [0, 0.1) is 0 Å². The molecule has 1 nitrogen and oxygen atoms in total. The van der Waals surface area contributed by atoms with Crippen molar-refractivity contribution in [2.45, 2.75) is 0 Å². The van der Waals surface area contributed by atoms with Crippen LogP contribution in [0.2, 0.25) is 0 Å². The standard InChI is InChI=1S/C48H31NS2/c1-4-14-32(15-5-1)35-28-41(33-16-6-2-7-17-33)48(42(29-35)34-18-8-3-9-19-34)49(36-25-27-46-43(30-36)39-21-11-13-23-45(39)50-46)37-24-26-40-38-20-10-12-22-44(38)51-47(40)31-37/h1-31H. The lowest BCUT2D eigenvalue weighted by atomic mass is 9.89. The molecule has 10 rings (SSSR count). The molecule has 0 saturated heterocycles. The molecule has 2 heterocycles. The first kappa shape index (κ1) is 29.9. The molecule has 0 bridgehead atoms. The number of hydrogen-bond acceptors (Lipinski definition) is 3. The molecule has 0 radical (unpaired) electrons. The van der Waals surface area contributed by atoms with Crippen molar-refractivity contribution in [2.24, 2.45) is 0 Å². The molecule has 51 heavy (non-hydrogen) atoms. The number of hydrogen-bond donors (Lipinski definition) is 0. The van der Waals surface area contributed by atoms with Crippen LogP contribution in [0.3, 0.4) is 0 Å². The molecule has 10 aromatic rings. The van der Waals surface area contributed by atoms with Gasteiger partial charge in [0.25, 0.3) is 0 Å². The second-order valence-electron chi connectivity index (χ2n) is 12.9. The first-order valence-electron chi connectivity index (χ1n) is 17.3. The number of anilines is 3. The average molecular weight is 686 g/mol. The van der Waals surface area contributed by atoms with Gasteiger partial charge in [-0.05, 0) is 76.9 Å². The normalized spacial score (nSPS) is 11.5. The van der Waals surface area contributed by atoms with Crippen LogP contribution in [-0.4, -0.2) is 0 Å². The van der Waals surface area contributed by atoms with Crippen molar-refractivity contribution in [1.29, 1.82) is 0 Å². The summed E-state index contributed by atoms with van der Waals surface area (Å²) in [4.78, 5) is 2.51. The number of fused-ring (bicyclic) bond motifs is 6. The molecule has 8 aromatic carbocycles. The molecule has 0 N–H and O–H groups in total. The van der Waals surface area contributed by atoms with Crippen LogP contribution < -0.4 is 4.90 Å². The third kappa shape index (κ3) is 5.21. The van der Waals surface area contributed by atoms with Gasteiger partial charge in [-0.3, -0.25) is 0 Å². The number of thiophene rings is 2. The predicted molar refractivity (Wildman–Crippen MR) is 223 cm³/mol. The molecule has 0 aliphatic heterocycles. The van der Waals surface area contributed by atoms with Gasteiger partial charge in [0, 0.05) is 62.8 Å². The summed E-state index contributed by atoms with van der Waals surface area (Å²) in [6.07, 6.45) is 0. The molecular formula is C48H31NS2. The molecule has 240 valence electrons. The molecule has 2 aromatic heterocycles. The zero-order chi connectivity index (χ0) is 33.7. The van der Waals surface area contributed by atoms with E-state index in [0.717, 1.165) is 17.1 Å². The van der Waals surface area contributed by atoms with E-state index in [0.29, 0.717) is 0 Å². The average Bonchev–Trinajstić information content (AvgIpc) is 3.77. The predicted octanol–water partition coefficient (Wildman–Crippen LogP) is 14.9. The Labute approximate surface area is 304 Å². The van der Waals surface area contributed by atoms with Crippen LogP contribution in [0.4, 0.5) is 17.1 Å². The van der Waals surface area contributed by atoms with Crippen LogP contribution in [0.1, 0.15) is 0 Å². The molecule has 0 unspecified atom stereocenters. The van der Waals surface area contributed by atoms with E-state index in [4.69, 9.17) is 0 Å². The number of benzene rings is 8. The Balaban J connectivity index is 1.33. The van der Waals surface area contributed by atoms with Gasteiger partial charge in [0.05, 0.1) is 5.69 Å². The lowest BCUT2D eigenvalue weighted by Crippen LogP contribution is -2.13. The van der Waals surface area contributed by atoms with E-state index in [9.17, 15) is 0 Å². The third-order valence-electron chi connectivity index (χ3n) is 9.85. The number of rotatable bonds is 6. The van der Waals surface area contributed by atoms with E-state index in [1.165, 1.54) is 73.7 Å². The first-order valence-corrected chi connectivity index (χ1v) is 18.9. The van der Waals surface area contributed by atoms with Gasteiger partial charge in [-0.1, -0.05) is 133 Å². The number of nitrogens with zero attached hydrogens (tertiary/aromatic N) is 1. The second kappa shape index (κ2) is 12.4. The summed E-state index contributed by atoms with van der Waals surface area (Å²) in [6.45, 7) is 0. The Bertz CT molecular complexity index is 2790. The fourth-order valence-corrected chi connectivity index (χ4v) is 9.69. The molecule has 0 fully saturated rings. The Morgan fingerprint density at radius 2 is 0.745 bits per heavy atom. The summed E-state index contributed by atoms with van der Waals surface area (Å²) in [6, 6.07) is 68.8. The van der Waals surface area contributed by atoms with Gasteiger partial charge in [-0.2, -0.15) is 0 Å². The fraction of sp³-hybridized carbons (Fsp3) is 0. The quantitative estimate of drug-likeness (QED) is 0.168. The topological polar surface area (TPSA) is 3.24 Å². The van der Waals surface area contributed by atoms with Gasteiger partial charge < -0.3 is 4.90 Å². The SMILES string of the molecule is c1ccc(-c2cc(-c3ccccc3)c(N(c3ccc4c(c3)sc3ccccc34)c3ccc4sc5ccccc5c4c3)c(-c3ccccc3)c2)cc1. The maximum Gasteiger partial charge on any atom is 0.0618 e. The van der Waals surface area contributed by atoms with E-state index in [1.54, 1.807) is 0 Å². The van der Waals surface area contributed by atoms with E-state index < -0.39 is 0 Å². The van der Waals surface area contributed by atoms with Crippen LogP contribution in [-0.2, 0) is 0 Å². The highest BCUT2D eigenvalue weighted by molar-refractivity contribution is 7.26. The zero-order valence-electron chi connectivity index (χ0n) is 27.7. The van der Waals surface area contributed by atoms with Gasteiger partial charge in [0.15, 0.2) is 0 Å². The third-order valence-corrected chi connectivity index (χ3v) is 12.1. The Morgan fingerprint density at radius 1 is 0.294 bits per heavy atom. The summed E-state index contributed by atoms with van der Waals surface area (Å²) in [5.41, 5.74) is 10.5. The van der Waals surface area contributed by atoms with Crippen molar-refractivity contribution in [1.82, 2.24) is 0 Å². The maximum absolute atomic E-state index is 2.51. The fourth-order valence-electron chi connectivity index (χ4n) is 7.46. The highest BCUT2D eigenvalue weighted by atomic mass is 32.1. The van der Waals surface area contributed by atoms with Crippen molar-refractivity contribution in [3.05, 3.63) is 188 Å². The summed E-state index contributed by atoms with van der Waals surface area (Å²) in [7, 11) is 0. The molecule has 0 aliphatic carbocycles. The summed E-state index contributed by atoms with van der Waals surface area (Å²) in [5, 5.41) is 5.18. The van der Waals surface area contributed by atoms with Crippen molar-refractivity contribution < 1.29 is 0 Å². The minimum atomic E-state index is 1.13. The monoisotopic (exact) mass is 685 g/mol. The van der Waals surface area contributed by atoms with E-state index in [-0.39, 0.29) is 0 Å². The van der Waals surface area contributed by atoms with E-state index in [2.05, 4.69) is 193 Å². The van der Waals surface area contributed by atoms with Gasteiger partial charge in [0.1, 0.15) is 0 Å². The lowest BCUT2D eigenvalue weighted by Gasteiger charge is -2.31. The van der Waals surface area contributed by atoms with Gasteiger partial charge in [-0.25, -0.2) is 0 Å². The molecule has 3 heteroatoms. The first-order chi connectivity index (χ1) is 25.3. The molecule has 0 amide bonds. The minimum Gasteiger partial charge on any atom is -0.309 e. The molecule has 0 aliphatic rings. The van der Waals surface area contributed by atoms with Crippen molar-refractivity contribution in [3.63, 3.8) is 0 Å². The summed E-state index contributed by atoms with van der Waals surface area (Å²) in [5.74, 6) is 0. The molecule has 0 spiro atoms. The van der Waals surface area contributed by atoms with Crippen molar-refractivity contribution >= 4 is 80.1 Å². The van der Waals surface area contributed by atoms with Crippen molar-refractivity contribution in [3.8, 4) is 33.4 Å². The van der Waals surface area contributed by atoms with Crippen LogP contribution in [0.15, 0.2) is 188 Å². The second-order valence-corrected chi connectivity index (χ2v) is 15.1. The Hall–Kier alpha value is -6.00. The van der Waals surface area contributed by atoms with Crippen LogP contribution >= 0.6 is 22.7 Å². The highest BCUT2D eigenvalue weighted by Gasteiger charge is 2.25. The van der Waals surface area contributed by atoms with E-state index in [1.807, 2.05) is 22.7 Å². The van der Waals surface area contributed by atoms with Gasteiger partial charge in [-0.15, -0.1) is 22.7 Å². The van der Waals surface area contributed by atoms with Gasteiger partial charge >= 0.3 is 0 Å². The Morgan fingerprint density at radius 3 is 1.37 bits per heavy atom. The van der Waals surface area contributed by atoms with Crippen molar-refractivity contribution in [2.75, 3.05) is 4.90 Å². The smallest absolute Gasteiger partial charge is 0.0618 e. The van der Waals surface area contributed by atoms with Crippen LogP contribution in [0.25, 0.3) is 73.7 Å². The molecular weight excluding hydrogens is 655 g/mol. The minimum absolute atomic E-state index is 1.13. The largest absolute Gasteiger partial charge is 0.309 e. The summed E-state index contributed by atoms with van der Waals surface area (Å²) < 4.78 is 5.20. The Kier molecular flexibility index (Phi) is 7.26. The maximum atomic E-state index is 2.51. The molecule has 0 atom stereocenters. The zero-order valence-corrected chi connectivity index (χ0v) is 29.3. The highest BCUT2D eigenvalue weighted by Crippen LogP contribution is 2.50. The molecule has 0 saturated carbocycles. The summed E-state index contributed by atoms with van der Waals surface area (Å²) >= 11 is 3.73. The van der Waals surface area contributed by atoms with Crippen LogP contribution in [0.5, 0.6) is 0 Å². The van der Waals surface area contributed by atoms with E-state index >= 15 is 0 Å². The lowest BCUT2D eigenvalue weighted by molar-refractivity contribution is 1.30.